The Morgan fingerprint density at radius 2 is 1.27 bits per heavy atom. The van der Waals surface area contributed by atoms with Crippen molar-refractivity contribution < 1.29 is 19.4 Å². The molecule has 4 aromatic rings. The van der Waals surface area contributed by atoms with Crippen molar-refractivity contribution in [3.8, 4) is 17.2 Å². The van der Waals surface area contributed by atoms with Crippen LogP contribution in [-0.4, -0.2) is 17.7 Å². The Bertz CT molecular complexity index is 1160. The molecule has 0 aliphatic carbocycles. The molecule has 0 unspecified atom stereocenters. The van der Waals surface area contributed by atoms with E-state index in [9.17, 15) is 14.7 Å². The summed E-state index contributed by atoms with van der Waals surface area (Å²) in [5, 5.41) is 13.3. The van der Waals surface area contributed by atoms with E-state index in [0.717, 1.165) is 17.1 Å². The SMILES string of the molecule is O=Cc1ccc(Oc2c(O)cc(C=O)c3ccccc23)c2ccccc12. The van der Waals surface area contributed by atoms with E-state index in [4.69, 9.17) is 4.74 Å². The molecule has 4 heteroatoms. The van der Waals surface area contributed by atoms with Gasteiger partial charge >= 0.3 is 0 Å². The van der Waals surface area contributed by atoms with Gasteiger partial charge in [0.2, 0.25) is 0 Å². The minimum absolute atomic E-state index is 0.116. The van der Waals surface area contributed by atoms with Crippen molar-refractivity contribution in [3.63, 3.8) is 0 Å². The van der Waals surface area contributed by atoms with E-state index < -0.39 is 0 Å². The van der Waals surface area contributed by atoms with Crippen LogP contribution in [0.25, 0.3) is 21.5 Å². The Labute approximate surface area is 149 Å². The molecule has 0 aliphatic heterocycles. The van der Waals surface area contributed by atoms with Gasteiger partial charge in [0.05, 0.1) is 0 Å². The van der Waals surface area contributed by atoms with Crippen molar-refractivity contribution in [1.29, 1.82) is 0 Å². The van der Waals surface area contributed by atoms with Gasteiger partial charge in [0.1, 0.15) is 5.75 Å². The second-order valence-corrected chi connectivity index (χ2v) is 5.90. The second kappa shape index (κ2) is 6.33. The molecule has 4 rings (SSSR count). The standard InChI is InChI=1S/C22H14O4/c23-12-14-9-10-21(18-7-3-1-5-16(14)18)26-22-19-8-4-2-6-17(19)15(13-24)11-20(22)25/h1-13,25H. The van der Waals surface area contributed by atoms with Gasteiger partial charge in [-0.3, -0.25) is 9.59 Å². The number of carbonyl (C=O) groups excluding carboxylic acids is 2. The first kappa shape index (κ1) is 15.8. The van der Waals surface area contributed by atoms with Crippen LogP contribution < -0.4 is 4.74 Å². The first-order valence-corrected chi connectivity index (χ1v) is 8.07. The number of phenolic OH excluding ortho intramolecular Hbond substituents is 1. The van der Waals surface area contributed by atoms with Gasteiger partial charge in [-0.05, 0) is 29.0 Å². The summed E-state index contributed by atoms with van der Waals surface area (Å²) in [5.41, 5.74) is 0.963. The molecule has 0 aromatic heterocycles. The van der Waals surface area contributed by atoms with E-state index in [-0.39, 0.29) is 11.5 Å². The lowest BCUT2D eigenvalue weighted by molar-refractivity contribution is 0.111. The zero-order valence-corrected chi connectivity index (χ0v) is 13.7. The van der Waals surface area contributed by atoms with E-state index in [0.29, 0.717) is 33.9 Å². The molecule has 4 aromatic carbocycles. The molecule has 0 spiro atoms. The number of fused-ring (bicyclic) bond motifs is 2. The maximum absolute atomic E-state index is 11.3. The summed E-state index contributed by atoms with van der Waals surface area (Å²) < 4.78 is 6.05. The van der Waals surface area contributed by atoms with Gasteiger partial charge in [0.25, 0.3) is 0 Å². The summed E-state index contributed by atoms with van der Waals surface area (Å²) in [5.74, 6) is 0.676. The van der Waals surface area contributed by atoms with Crippen LogP contribution in [0.15, 0.2) is 66.7 Å². The summed E-state index contributed by atoms with van der Waals surface area (Å²) in [6, 6.07) is 19.4. The molecule has 4 nitrogen and oxygen atoms in total. The zero-order chi connectivity index (χ0) is 18.1. The van der Waals surface area contributed by atoms with Gasteiger partial charge in [-0.1, -0.05) is 48.5 Å². The van der Waals surface area contributed by atoms with E-state index in [1.807, 2.05) is 36.4 Å². The largest absolute Gasteiger partial charge is 0.504 e. The summed E-state index contributed by atoms with van der Waals surface area (Å²) in [6.45, 7) is 0. The summed E-state index contributed by atoms with van der Waals surface area (Å²) in [6.07, 6.45) is 1.51. The maximum Gasteiger partial charge on any atom is 0.176 e. The highest BCUT2D eigenvalue weighted by atomic mass is 16.5. The summed E-state index contributed by atoms with van der Waals surface area (Å²) in [7, 11) is 0. The van der Waals surface area contributed by atoms with Crippen molar-refractivity contribution >= 4 is 34.1 Å². The van der Waals surface area contributed by atoms with Gasteiger partial charge in [-0.25, -0.2) is 0 Å². The zero-order valence-electron chi connectivity index (χ0n) is 13.7. The van der Waals surface area contributed by atoms with Crippen molar-refractivity contribution in [3.05, 3.63) is 77.9 Å². The molecule has 0 radical (unpaired) electrons. The Kier molecular flexibility index (Phi) is 3.86. The lowest BCUT2D eigenvalue weighted by Crippen LogP contribution is -1.93. The average Bonchev–Trinajstić information content (AvgIpc) is 2.69. The fourth-order valence-corrected chi connectivity index (χ4v) is 3.16. The molecule has 0 saturated carbocycles. The predicted octanol–water partition coefficient (Wildman–Crippen LogP) is 5.12. The highest BCUT2D eigenvalue weighted by molar-refractivity contribution is 6.04. The van der Waals surface area contributed by atoms with Crippen LogP contribution in [0.2, 0.25) is 0 Å². The highest BCUT2D eigenvalue weighted by Gasteiger charge is 2.15. The minimum atomic E-state index is -0.116. The predicted molar refractivity (Wildman–Crippen MR) is 100 cm³/mol. The topological polar surface area (TPSA) is 63.6 Å². The number of hydrogen-bond donors (Lipinski definition) is 1. The number of hydrogen-bond acceptors (Lipinski definition) is 4. The van der Waals surface area contributed by atoms with Crippen LogP contribution in [0.3, 0.4) is 0 Å². The molecule has 0 atom stereocenters. The van der Waals surface area contributed by atoms with Crippen LogP contribution in [0, 0.1) is 0 Å². The molecule has 0 heterocycles. The van der Waals surface area contributed by atoms with Gasteiger partial charge < -0.3 is 9.84 Å². The molecular formula is C22H14O4. The van der Waals surface area contributed by atoms with Crippen LogP contribution in [0.1, 0.15) is 20.7 Å². The number of aldehydes is 2. The molecule has 0 fully saturated rings. The Morgan fingerprint density at radius 1 is 0.692 bits per heavy atom. The molecule has 126 valence electrons. The van der Waals surface area contributed by atoms with E-state index in [2.05, 4.69) is 0 Å². The molecule has 0 aliphatic rings. The monoisotopic (exact) mass is 342 g/mol. The van der Waals surface area contributed by atoms with Crippen molar-refractivity contribution in [1.82, 2.24) is 0 Å². The first-order chi connectivity index (χ1) is 12.7. The van der Waals surface area contributed by atoms with Gasteiger partial charge in [-0.2, -0.15) is 0 Å². The third-order valence-corrected chi connectivity index (χ3v) is 4.39. The number of ether oxygens (including phenoxy) is 1. The number of aromatic hydroxyl groups is 1. The van der Waals surface area contributed by atoms with Crippen LogP contribution in [-0.2, 0) is 0 Å². The number of phenols is 1. The highest BCUT2D eigenvalue weighted by Crippen LogP contribution is 2.41. The van der Waals surface area contributed by atoms with E-state index in [1.165, 1.54) is 6.07 Å². The number of carbonyl (C=O) groups is 2. The van der Waals surface area contributed by atoms with Crippen molar-refractivity contribution in [2.45, 2.75) is 0 Å². The Hall–Kier alpha value is -3.66. The van der Waals surface area contributed by atoms with Crippen LogP contribution >= 0.6 is 0 Å². The number of rotatable bonds is 4. The molecule has 0 saturated heterocycles. The van der Waals surface area contributed by atoms with E-state index >= 15 is 0 Å². The third-order valence-electron chi connectivity index (χ3n) is 4.39. The van der Waals surface area contributed by atoms with Gasteiger partial charge in [0.15, 0.2) is 24.1 Å². The van der Waals surface area contributed by atoms with Crippen molar-refractivity contribution in [2.24, 2.45) is 0 Å². The quantitative estimate of drug-likeness (QED) is 0.523. The van der Waals surface area contributed by atoms with Crippen LogP contribution in [0.5, 0.6) is 17.2 Å². The average molecular weight is 342 g/mol. The fourth-order valence-electron chi connectivity index (χ4n) is 3.16. The van der Waals surface area contributed by atoms with Gasteiger partial charge in [0, 0.05) is 21.9 Å². The van der Waals surface area contributed by atoms with E-state index in [1.54, 1.807) is 24.3 Å². The normalized spacial score (nSPS) is 10.8. The van der Waals surface area contributed by atoms with Crippen molar-refractivity contribution in [2.75, 3.05) is 0 Å². The lowest BCUT2D eigenvalue weighted by Gasteiger charge is -2.14. The smallest absolute Gasteiger partial charge is 0.176 e. The fraction of sp³-hybridized carbons (Fsp3) is 0. The first-order valence-electron chi connectivity index (χ1n) is 8.07. The van der Waals surface area contributed by atoms with Crippen LogP contribution in [0.4, 0.5) is 0 Å². The minimum Gasteiger partial charge on any atom is -0.504 e. The second-order valence-electron chi connectivity index (χ2n) is 5.90. The molecule has 1 N–H and O–H groups in total. The third kappa shape index (κ3) is 2.48. The molecule has 0 amide bonds. The molecule has 0 bridgehead atoms. The maximum atomic E-state index is 11.3. The Balaban J connectivity index is 1.94. The molecule has 26 heavy (non-hydrogen) atoms. The molecular weight excluding hydrogens is 328 g/mol. The summed E-state index contributed by atoms with van der Waals surface area (Å²) >= 11 is 0. The summed E-state index contributed by atoms with van der Waals surface area (Å²) in [4.78, 5) is 22.6. The number of benzene rings is 4. The Morgan fingerprint density at radius 3 is 1.92 bits per heavy atom. The lowest BCUT2D eigenvalue weighted by atomic mass is 10.0. The van der Waals surface area contributed by atoms with Gasteiger partial charge in [-0.15, -0.1) is 0 Å².